The van der Waals surface area contributed by atoms with E-state index in [4.69, 9.17) is 11.6 Å². The van der Waals surface area contributed by atoms with Gasteiger partial charge in [-0.1, -0.05) is 17.7 Å². The van der Waals surface area contributed by atoms with Gasteiger partial charge in [0.2, 0.25) is 0 Å². The van der Waals surface area contributed by atoms with Crippen molar-refractivity contribution in [3.05, 3.63) is 45.7 Å². The standard InChI is InChI=1S/C10H8BrClN2/c1-7-5-13-14(6-7)10-8(11)3-2-4-9(10)12/h2-6H,1H3. The van der Waals surface area contributed by atoms with Gasteiger partial charge in [0.25, 0.3) is 0 Å². The zero-order valence-electron chi connectivity index (χ0n) is 7.54. The fourth-order valence-corrected chi connectivity index (χ4v) is 2.17. The number of benzene rings is 1. The number of hydrogen-bond donors (Lipinski definition) is 0. The molecule has 0 N–H and O–H groups in total. The molecule has 1 heterocycles. The van der Waals surface area contributed by atoms with Crippen LogP contribution in [0, 0.1) is 6.92 Å². The Morgan fingerprint density at radius 3 is 2.79 bits per heavy atom. The van der Waals surface area contributed by atoms with E-state index in [-0.39, 0.29) is 0 Å². The van der Waals surface area contributed by atoms with Gasteiger partial charge >= 0.3 is 0 Å². The van der Waals surface area contributed by atoms with Crippen molar-refractivity contribution >= 4 is 27.5 Å². The van der Waals surface area contributed by atoms with Crippen LogP contribution in [0.3, 0.4) is 0 Å². The van der Waals surface area contributed by atoms with Crippen molar-refractivity contribution < 1.29 is 0 Å². The second-order valence-corrected chi connectivity index (χ2v) is 4.29. The summed E-state index contributed by atoms with van der Waals surface area (Å²) in [5, 5.41) is 4.89. The van der Waals surface area contributed by atoms with E-state index in [1.165, 1.54) is 0 Å². The molecule has 0 amide bonds. The fourth-order valence-electron chi connectivity index (χ4n) is 1.24. The van der Waals surface area contributed by atoms with Crippen LogP contribution in [0.15, 0.2) is 35.1 Å². The molecular formula is C10H8BrClN2. The highest BCUT2D eigenvalue weighted by atomic mass is 79.9. The predicted molar refractivity (Wildman–Crippen MR) is 61.0 cm³/mol. The molecule has 0 saturated carbocycles. The maximum absolute atomic E-state index is 6.08. The van der Waals surface area contributed by atoms with Crippen LogP contribution >= 0.6 is 27.5 Å². The van der Waals surface area contributed by atoms with Crippen molar-refractivity contribution in [3.8, 4) is 5.69 Å². The Morgan fingerprint density at radius 2 is 2.21 bits per heavy atom. The van der Waals surface area contributed by atoms with Gasteiger partial charge in [-0.2, -0.15) is 5.10 Å². The average Bonchev–Trinajstić information content (AvgIpc) is 2.51. The fraction of sp³-hybridized carbons (Fsp3) is 0.100. The molecule has 0 saturated heterocycles. The van der Waals surface area contributed by atoms with Crippen LogP contribution in [0.2, 0.25) is 5.02 Å². The number of aryl methyl sites for hydroxylation is 1. The highest BCUT2D eigenvalue weighted by Crippen LogP contribution is 2.28. The summed E-state index contributed by atoms with van der Waals surface area (Å²) in [5.41, 5.74) is 1.99. The zero-order chi connectivity index (χ0) is 10.1. The Morgan fingerprint density at radius 1 is 1.43 bits per heavy atom. The van der Waals surface area contributed by atoms with Gasteiger partial charge < -0.3 is 0 Å². The van der Waals surface area contributed by atoms with Gasteiger partial charge in [-0.05, 0) is 40.5 Å². The Hall–Kier alpha value is -0.800. The van der Waals surface area contributed by atoms with Crippen LogP contribution in [-0.4, -0.2) is 9.78 Å². The number of hydrogen-bond acceptors (Lipinski definition) is 1. The first-order chi connectivity index (χ1) is 6.68. The van der Waals surface area contributed by atoms with E-state index >= 15 is 0 Å². The SMILES string of the molecule is Cc1cnn(-c2c(Cl)cccc2Br)c1. The van der Waals surface area contributed by atoms with Gasteiger partial charge in [0.05, 0.1) is 16.9 Å². The molecule has 4 heteroatoms. The Bertz CT molecular complexity index is 445. The van der Waals surface area contributed by atoms with E-state index < -0.39 is 0 Å². The Kier molecular flexibility index (Phi) is 2.61. The minimum atomic E-state index is 0.683. The van der Waals surface area contributed by atoms with Crippen LogP contribution in [-0.2, 0) is 0 Å². The van der Waals surface area contributed by atoms with Gasteiger partial charge in [-0.15, -0.1) is 0 Å². The molecule has 2 nitrogen and oxygen atoms in total. The zero-order valence-corrected chi connectivity index (χ0v) is 9.88. The van der Waals surface area contributed by atoms with Crippen molar-refractivity contribution in [3.63, 3.8) is 0 Å². The number of halogens is 2. The molecule has 0 aliphatic carbocycles. The largest absolute Gasteiger partial charge is 0.238 e. The van der Waals surface area contributed by atoms with Gasteiger partial charge in [0.1, 0.15) is 0 Å². The minimum Gasteiger partial charge on any atom is -0.238 e. The topological polar surface area (TPSA) is 17.8 Å². The molecule has 2 rings (SSSR count). The lowest BCUT2D eigenvalue weighted by molar-refractivity contribution is 0.876. The van der Waals surface area contributed by atoms with Crippen LogP contribution in [0.25, 0.3) is 5.69 Å². The summed E-state index contributed by atoms with van der Waals surface area (Å²) in [7, 11) is 0. The molecule has 0 spiro atoms. The summed E-state index contributed by atoms with van der Waals surface area (Å²) < 4.78 is 2.70. The molecule has 0 fully saturated rings. The predicted octanol–water partition coefficient (Wildman–Crippen LogP) is 3.60. The molecule has 0 unspecified atom stereocenters. The molecule has 14 heavy (non-hydrogen) atoms. The number of nitrogens with zero attached hydrogens (tertiary/aromatic N) is 2. The molecule has 1 aromatic carbocycles. The number of rotatable bonds is 1. The highest BCUT2D eigenvalue weighted by Gasteiger charge is 2.07. The van der Waals surface area contributed by atoms with Crippen LogP contribution < -0.4 is 0 Å². The molecule has 2 aromatic rings. The number of para-hydroxylation sites is 1. The third-order valence-corrected chi connectivity index (χ3v) is 2.82. The summed E-state index contributed by atoms with van der Waals surface area (Å²) in [6, 6.07) is 5.68. The summed E-state index contributed by atoms with van der Waals surface area (Å²) >= 11 is 9.53. The van der Waals surface area contributed by atoms with Crippen molar-refractivity contribution in [1.29, 1.82) is 0 Å². The Balaban J connectivity index is 2.61. The smallest absolute Gasteiger partial charge is 0.0973 e. The lowest BCUT2D eigenvalue weighted by Crippen LogP contribution is -1.96. The first-order valence-electron chi connectivity index (χ1n) is 4.14. The van der Waals surface area contributed by atoms with Gasteiger partial charge in [0.15, 0.2) is 0 Å². The second kappa shape index (κ2) is 3.75. The minimum absolute atomic E-state index is 0.683. The molecule has 72 valence electrons. The second-order valence-electron chi connectivity index (χ2n) is 3.03. The van der Waals surface area contributed by atoms with Crippen LogP contribution in [0.1, 0.15) is 5.56 Å². The monoisotopic (exact) mass is 270 g/mol. The molecular weight excluding hydrogens is 263 g/mol. The van der Waals surface area contributed by atoms with Crippen molar-refractivity contribution in [1.82, 2.24) is 9.78 Å². The van der Waals surface area contributed by atoms with E-state index in [9.17, 15) is 0 Å². The molecule has 0 atom stereocenters. The summed E-state index contributed by atoms with van der Waals surface area (Å²) in [6.07, 6.45) is 3.74. The molecule has 0 bridgehead atoms. The van der Waals surface area contributed by atoms with E-state index in [2.05, 4.69) is 21.0 Å². The van der Waals surface area contributed by atoms with Gasteiger partial charge in [-0.25, -0.2) is 4.68 Å². The molecule has 0 aliphatic heterocycles. The summed E-state index contributed by atoms with van der Waals surface area (Å²) in [4.78, 5) is 0. The molecule has 1 aromatic heterocycles. The van der Waals surface area contributed by atoms with Crippen molar-refractivity contribution in [2.45, 2.75) is 6.92 Å². The maximum atomic E-state index is 6.08. The van der Waals surface area contributed by atoms with Gasteiger partial charge in [0, 0.05) is 10.7 Å². The van der Waals surface area contributed by atoms with E-state index in [1.54, 1.807) is 10.9 Å². The van der Waals surface area contributed by atoms with Crippen LogP contribution in [0.5, 0.6) is 0 Å². The highest BCUT2D eigenvalue weighted by molar-refractivity contribution is 9.10. The lowest BCUT2D eigenvalue weighted by atomic mass is 10.3. The maximum Gasteiger partial charge on any atom is 0.0973 e. The molecule has 0 radical (unpaired) electrons. The molecule has 0 aliphatic rings. The first-order valence-corrected chi connectivity index (χ1v) is 5.31. The average molecular weight is 272 g/mol. The lowest BCUT2D eigenvalue weighted by Gasteiger charge is -2.05. The first kappa shape index (κ1) is 9.74. The van der Waals surface area contributed by atoms with E-state index in [0.29, 0.717) is 5.02 Å². The normalized spacial score (nSPS) is 10.5. The van der Waals surface area contributed by atoms with E-state index in [1.807, 2.05) is 31.3 Å². The number of aromatic nitrogens is 2. The summed E-state index contributed by atoms with van der Waals surface area (Å²) in [5.74, 6) is 0. The summed E-state index contributed by atoms with van der Waals surface area (Å²) in [6.45, 7) is 1.99. The van der Waals surface area contributed by atoms with Crippen molar-refractivity contribution in [2.75, 3.05) is 0 Å². The quantitative estimate of drug-likeness (QED) is 0.775. The van der Waals surface area contributed by atoms with E-state index in [0.717, 1.165) is 15.7 Å². The van der Waals surface area contributed by atoms with Crippen LogP contribution in [0.4, 0.5) is 0 Å². The third-order valence-electron chi connectivity index (χ3n) is 1.88. The third kappa shape index (κ3) is 1.70. The van der Waals surface area contributed by atoms with Crippen molar-refractivity contribution in [2.24, 2.45) is 0 Å². The Labute approximate surface area is 95.6 Å². The van der Waals surface area contributed by atoms with Gasteiger partial charge in [-0.3, -0.25) is 0 Å².